The van der Waals surface area contributed by atoms with Crippen LogP contribution in [0.5, 0.6) is 0 Å². The Morgan fingerprint density at radius 3 is 1.73 bits per heavy atom. The molecule has 0 aromatic heterocycles. The molecule has 0 aromatic carbocycles. The molecule has 0 unspecified atom stereocenters. The Labute approximate surface area is 101 Å². The van der Waals surface area contributed by atoms with Crippen molar-refractivity contribution >= 4 is 12.4 Å². The quantitative estimate of drug-likeness (QED) is 0.629. The molecule has 0 aliphatic carbocycles. The minimum Gasteiger partial charge on any atom is -0.689 e. The molecule has 1 heterocycles. The van der Waals surface area contributed by atoms with Crippen molar-refractivity contribution in [3.05, 3.63) is 35.2 Å². The summed E-state index contributed by atoms with van der Waals surface area (Å²) in [5, 5.41) is 8.25. The van der Waals surface area contributed by atoms with Gasteiger partial charge in [-0.25, -0.2) is 0 Å². The van der Waals surface area contributed by atoms with E-state index in [1.165, 1.54) is 0 Å². The first-order valence-electron chi connectivity index (χ1n) is 4.63. The van der Waals surface area contributed by atoms with E-state index in [9.17, 15) is 0 Å². The molecule has 4 nitrogen and oxygen atoms in total. The first-order chi connectivity index (χ1) is 7.00. The van der Waals surface area contributed by atoms with Crippen molar-refractivity contribution in [2.75, 3.05) is 26.2 Å². The predicted molar refractivity (Wildman–Crippen MR) is 61.5 cm³/mol. The van der Waals surface area contributed by atoms with E-state index in [0.717, 1.165) is 0 Å². The van der Waals surface area contributed by atoms with Gasteiger partial charge in [-0.1, -0.05) is 12.2 Å². The van der Waals surface area contributed by atoms with Crippen LogP contribution in [-0.2, 0) is 16.8 Å². The molecule has 1 aliphatic heterocycles. The van der Waals surface area contributed by atoms with Gasteiger partial charge in [0, 0.05) is 25.5 Å². The Balaban J connectivity index is 0.00000196. The summed E-state index contributed by atoms with van der Waals surface area (Å²) in [5.74, 6) is 0. The molecule has 0 saturated carbocycles. The average Bonchev–Trinajstić information content (AvgIpc) is 2.22. The SMILES string of the molecule is C1=NCC[N-]/C=C\C=NCC[N-]/C=C\1.[Co+2]. The van der Waals surface area contributed by atoms with Gasteiger partial charge in [-0.15, -0.1) is 13.1 Å². The van der Waals surface area contributed by atoms with Crippen molar-refractivity contribution in [3.63, 3.8) is 0 Å². The standard InChI is InChI=1S/C10H14N4.Co/c1-3-11-7-9-13-5-2-6-14-10-8-12-4-1;/h1-6H,7-10H2;/q-2;+2/b3-1-,6-2-,12-4?,13-5?;. The molecule has 0 atom stereocenters. The van der Waals surface area contributed by atoms with E-state index in [-0.39, 0.29) is 16.8 Å². The third-order valence-corrected chi connectivity index (χ3v) is 1.48. The van der Waals surface area contributed by atoms with E-state index in [1.807, 2.05) is 12.2 Å². The second kappa shape index (κ2) is 11.0. The van der Waals surface area contributed by atoms with Crippen LogP contribution >= 0.6 is 0 Å². The summed E-state index contributed by atoms with van der Waals surface area (Å²) in [5.41, 5.74) is 0. The summed E-state index contributed by atoms with van der Waals surface area (Å²) in [6, 6.07) is 0. The van der Waals surface area contributed by atoms with Crippen LogP contribution in [0.1, 0.15) is 0 Å². The van der Waals surface area contributed by atoms with Gasteiger partial charge in [0.25, 0.3) is 0 Å². The maximum absolute atomic E-state index is 4.13. The van der Waals surface area contributed by atoms with E-state index in [2.05, 4.69) is 20.6 Å². The molecule has 1 rings (SSSR count). The van der Waals surface area contributed by atoms with Crippen LogP contribution in [0.15, 0.2) is 34.5 Å². The maximum Gasteiger partial charge on any atom is 2.00 e. The average molecular weight is 249 g/mol. The minimum absolute atomic E-state index is 0. The van der Waals surface area contributed by atoms with Crippen molar-refractivity contribution in [3.8, 4) is 0 Å². The van der Waals surface area contributed by atoms with E-state index in [0.29, 0.717) is 26.2 Å². The summed E-state index contributed by atoms with van der Waals surface area (Å²) in [6.45, 7) is 2.86. The smallest absolute Gasteiger partial charge is 0.689 e. The molecule has 0 saturated heterocycles. The van der Waals surface area contributed by atoms with Crippen LogP contribution in [0.2, 0.25) is 0 Å². The minimum atomic E-state index is 0. The molecule has 0 aromatic rings. The fourth-order valence-electron chi connectivity index (χ4n) is 0.849. The molecule has 1 aliphatic rings. The normalized spacial score (nSPS) is 21.3. The zero-order valence-corrected chi connectivity index (χ0v) is 9.46. The second-order valence-corrected chi connectivity index (χ2v) is 2.61. The van der Waals surface area contributed by atoms with Crippen LogP contribution in [0.25, 0.3) is 10.6 Å². The van der Waals surface area contributed by atoms with Gasteiger partial charge in [-0.2, -0.15) is 12.4 Å². The van der Waals surface area contributed by atoms with Crippen LogP contribution in [0.3, 0.4) is 0 Å². The Kier molecular flexibility index (Phi) is 10.2. The van der Waals surface area contributed by atoms with Crippen molar-refractivity contribution in [1.82, 2.24) is 0 Å². The van der Waals surface area contributed by atoms with Gasteiger partial charge >= 0.3 is 16.8 Å². The summed E-state index contributed by atoms with van der Waals surface area (Å²) >= 11 is 0. The number of aliphatic imine (C=N–C) groups is 2. The fourth-order valence-corrected chi connectivity index (χ4v) is 0.849. The van der Waals surface area contributed by atoms with Gasteiger partial charge in [0.05, 0.1) is 0 Å². The molecule has 1 radical (unpaired) electrons. The summed E-state index contributed by atoms with van der Waals surface area (Å²) in [4.78, 5) is 8.25. The molecule has 83 valence electrons. The van der Waals surface area contributed by atoms with E-state index in [1.54, 1.807) is 24.8 Å². The molecule has 0 amide bonds. The molecule has 0 bridgehead atoms. The first-order valence-corrected chi connectivity index (χ1v) is 4.63. The van der Waals surface area contributed by atoms with E-state index in [4.69, 9.17) is 0 Å². The first kappa shape index (κ1) is 13.9. The Hall–Kier alpha value is -1.07. The van der Waals surface area contributed by atoms with Crippen molar-refractivity contribution < 1.29 is 16.8 Å². The Morgan fingerprint density at radius 1 is 0.800 bits per heavy atom. The second-order valence-electron chi connectivity index (χ2n) is 2.61. The monoisotopic (exact) mass is 249 g/mol. The Morgan fingerprint density at radius 2 is 1.27 bits per heavy atom. The van der Waals surface area contributed by atoms with Gasteiger partial charge in [0.2, 0.25) is 0 Å². The molecule has 0 N–H and O–H groups in total. The molecule has 0 fully saturated rings. The third kappa shape index (κ3) is 9.24. The van der Waals surface area contributed by atoms with Crippen LogP contribution in [-0.4, -0.2) is 38.6 Å². The van der Waals surface area contributed by atoms with Crippen molar-refractivity contribution in [2.45, 2.75) is 0 Å². The van der Waals surface area contributed by atoms with Crippen LogP contribution < -0.4 is 0 Å². The van der Waals surface area contributed by atoms with Gasteiger partial charge in [0.1, 0.15) is 0 Å². The van der Waals surface area contributed by atoms with Gasteiger partial charge in [-0.05, 0) is 0 Å². The molecule has 0 spiro atoms. The Bertz CT molecular complexity index is 196. The van der Waals surface area contributed by atoms with Crippen molar-refractivity contribution in [2.24, 2.45) is 9.98 Å². The van der Waals surface area contributed by atoms with Crippen LogP contribution in [0, 0.1) is 0 Å². The van der Waals surface area contributed by atoms with Crippen LogP contribution in [0.4, 0.5) is 0 Å². The molecule has 5 heteroatoms. The number of rotatable bonds is 0. The van der Waals surface area contributed by atoms with Gasteiger partial charge in [0.15, 0.2) is 0 Å². The summed E-state index contributed by atoms with van der Waals surface area (Å²) in [7, 11) is 0. The molecule has 15 heavy (non-hydrogen) atoms. The third-order valence-electron chi connectivity index (χ3n) is 1.48. The molecular weight excluding hydrogens is 235 g/mol. The summed E-state index contributed by atoms with van der Waals surface area (Å²) < 4.78 is 0. The number of nitrogens with zero attached hydrogens (tertiary/aromatic N) is 4. The van der Waals surface area contributed by atoms with E-state index >= 15 is 0 Å². The van der Waals surface area contributed by atoms with E-state index < -0.39 is 0 Å². The zero-order valence-electron chi connectivity index (χ0n) is 8.41. The topological polar surface area (TPSA) is 52.9 Å². The zero-order chi connectivity index (χ0) is 9.90. The number of hydrogen-bond acceptors (Lipinski definition) is 2. The summed E-state index contributed by atoms with van der Waals surface area (Å²) in [6.07, 6.45) is 10.6. The fraction of sp³-hybridized carbons (Fsp3) is 0.400. The largest absolute Gasteiger partial charge is 2.00 e. The molecular formula is C10H14CoN4. The maximum atomic E-state index is 4.13. The van der Waals surface area contributed by atoms with Crippen molar-refractivity contribution in [1.29, 1.82) is 0 Å². The predicted octanol–water partition coefficient (Wildman–Crippen LogP) is 1.91. The number of allylic oxidation sites excluding steroid dienone is 2. The van der Waals surface area contributed by atoms with Gasteiger partial charge in [-0.3, -0.25) is 9.98 Å². The van der Waals surface area contributed by atoms with Gasteiger partial charge < -0.3 is 10.6 Å². The number of hydrogen-bond donors (Lipinski definition) is 0.